The highest BCUT2D eigenvalue weighted by Crippen LogP contribution is 2.31. The second kappa shape index (κ2) is 4.57. The van der Waals surface area contributed by atoms with Crippen LogP contribution in [-0.4, -0.2) is 46.8 Å². The number of fused-ring (bicyclic) bond motifs is 1. The van der Waals surface area contributed by atoms with Gasteiger partial charge in [0.05, 0.1) is 10.9 Å². The highest BCUT2D eigenvalue weighted by atomic mass is 35.5. The number of piperazine rings is 1. The molecule has 1 N–H and O–H groups in total. The van der Waals surface area contributed by atoms with Crippen molar-refractivity contribution in [3.05, 3.63) is 23.2 Å². The monoisotopic (exact) mass is 283 g/mol. The van der Waals surface area contributed by atoms with Gasteiger partial charge in [0.1, 0.15) is 5.50 Å². The number of H-pyrrole nitrogens is 1. The lowest BCUT2D eigenvalue weighted by Crippen LogP contribution is -2.50. The van der Waals surface area contributed by atoms with Gasteiger partial charge in [0.15, 0.2) is 0 Å². The van der Waals surface area contributed by atoms with Crippen LogP contribution in [0.1, 0.15) is 11.7 Å². The number of rotatable bonds is 2. The van der Waals surface area contributed by atoms with Crippen molar-refractivity contribution in [3.8, 4) is 0 Å². The van der Waals surface area contributed by atoms with E-state index in [9.17, 15) is 4.79 Å². The van der Waals surface area contributed by atoms with Crippen molar-refractivity contribution >= 4 is 39.6 Å². The van der Waals surface area contributed by atoms with Gasteiger partial charge in [0.2, 0.25) is 6.41 Å². The zero-order chi connectivity index (χ0) is 12.7. The van der Waals surface area contributed by atoms with E-state index >= 15 is 0 Å². The predicted octanol–water partition coefficient (Wildman–Crippen LogP) is 2.24. The first-order valence-electron chi connectivity index (χ1n) is 5.80. The van der Waals surface area contributed by atoms with Gasteiger partial charge in [0.25, 0.3) is 0 Å². The molecular weight excluding hydrogens is 270 g/mol. The van der Waals surface area contributed by atoms with Gasteiger partial charge >= 0.3 is 0 Å². The van der Waals surface area contributed by atoms with E-state index in [0.717, 1.165) is 23.5 Å². The minimum Gasteiger partial charge on any atom is -0.348 e. The number of hydrogen-bond acceptors (Lipinski definition) is 3. The van der Waals surface area contributed by atoms with E-state index in [0.29, 0.717) is 6.54 Å². The molecule has 0 bridgehead atoms. The number of aromatic amines is 1. The molecule has 96 valence electrons. The molecule has 3 rings (SSSR count). The molecule has 0 spiro atoms. The summed E-state index contributed by atoms with van der Waals surface area (Å²) in [5.41, 5.74) is 0.786. The minimum atomic E-state index is -0.271. The molecule has 1 amide bonds. The van der Waals surface area contributed by atoms with Crippen molar-refractivity contribution in [2.45, 2.75) is 11.5 Å². The first kappa shape index (κ1) is 12.0. The number of aromatic nitrogens is 1. The Bertz CT molecular complexity index is 538. The van der Waals surface area contributed by atoms with Gasteiger partial charge < -0.3 is 14.8 Å². The molecular formula is C12H14ClN3OS. The number of carbonyl (C=O) groups is 1. The van der Waals surface area contributed by atoms with Gasteiger partial charge in [-0.1, -0.05) is 11.6 Å². The van der Waals surface area contributed by atoms with E-state index < -0.39 is 0 Å². The third kappa shape index (κ3) is 1.92. The minimum absolute atomic E-state index is 0.00310. The van der Waals surface area contributed by atoms with E-state index in [1.165, 1.54) is 5.39 Å². The average Bonchev–Trinajstić information content (AvgIpc) is 2.87. The summed E-state index contributed by atoms with van der Waals surface area (Å²) in [7, 11) is 2.02. The maximum Gasteiger partial charge on any atom is 0.211 e. The molecule has 2 aromatic rings. The lowest BCUT2D eigenvalue weighted by Gasteiger charge is -2.40. The maximum atomic E-state index is 11.2. The van der Waals surface area contributed by atoms with Crippen LogP contribution in [0.15, 0.2) is 17.5 Å². The lowest BCUT2D eigenvalue weighted by molar-refractivity contribution is -0.123. The van der Waals surface area contributed by atoms with Gasteiger partial charge in [-0.15, -0.1) is 11.3 Å². The van der Waals surface area contributed by atoms with Gasteiger partial charge in [-0.05, 0) is 24.6 Å². The zero-order valence-electron chi connectivity index (χ0n) is 9.97. The molecule has 0 aliphatic carbocycles. The Morgan fingerprint density at radius 2 is 2.39 bits per heavy atom. The molecule has 2 unspecified atom stereocenters. The summed E-state index contributed by atoms with van der Waals surface area (Å²) in [6.07, 6.45) is 0.851. The number of nitrogens with one attached hydrogen (secondary N) is 1. The smallest absolute Gasteiger partial charge is 0.211 e. The Morgan fingerprint density at radius 3 is 3.11 bits per heavy atom. The fourth-order valence-electron chi connectivity index (χ4n) is 2.46. The van der Waals surface area contributed by atoms with Crippen molar-refractivity contribution < 1.29 is 4.79 Å². The standard InChI is InChI=1S/C12H14ClN3OS/c1-15-5-10(16(7-17)11(13)6-15)9-4-8-2-3-18-12(8)14-9/h2-4,7,10-11,14H,5-6H2,1H3. The molecule has 0 aromatic carbocycles. The SMILES string of the molecule is CN1CC(Cl)N(C=O)C(c2cc3ccsc3[nH]2)C1. The Morgan fingerprint density at radius 1 is 1.56 bits per heavy atom. The molecule has 4 nitrogen and oxygen atoms in total. The fourth-order valence-corrected chi connectivity index (χ4v) is 3.67. The van der Waals surface area contributed by atoms with Crippen LogP contribution in [0.5, 0.6) is 0 Å². The summed E-state index contributed by atoms with van der Waals surface area (Å²) in [5, 5.41) is 3.25. The van der Waals surface area contributed by atoms with Gasteiger partial charge in [0, 0.05) is 24.2 Å². The summed E-state index contributed by atoms with van der Waals surface area (Å²) >= 11 is 7.91. The third-order valence-electron chi connectivity index (χ3n) is 3.38. The quantitative estimate of drug-likeness (QED) is 0.522. The van der Waals surface area contributed by atoms with Crippen LogP contribution in [0.25, 0.3) is 10.2 Å². The molecule has 1 aliphatic heterocycles. The summed E-state index contributed by atoms with van der Waals surface area (Å²) in [6, 6.07) is 4.19. The normalized spacial score (nSPS) is 25.8. The molecule has 1 aliphatic rings. The van der Waals surface area contributed by atoms with E-state index in [4.69, 9.17) is 11.6 Å². The highest BCUT2D eigenvalue weighted by molar-refractivity contribution is 7.16. The molecule has 1 fully saturated rings. The highest BCUT2D eigenvalue weighted by Gasteiger charge is 2.32. The van der Waals surface area contributed by atoms with Crippen molar-refractivity contribution in [3.63, 3.8) is 0 Å². The van der Waals surface area contributed by atoms with Crippen LogP contribution in [-0.2, 0) is 4.79 Å². The molecule has 3 heterocycles. The summed E-state index contributed by atoms with van der Waals surface area (Å²) in [5.74, 6) is 0. The van der Waals surface area contributed by atoms with E-state index in [1.807, 2.05) is 7.05 Å². The van der Waals surface area contributed by atoms with Crippen LogP contribution >= 0.6 is 22.9 Å². The van der Waals surface area contributed by atoms with Crippen LogP contribution in [0.3, 0.4) is 0 Å². The molecule has 2 aromatic heterocycles. The molecule has 6 heteroatoms. The van der Waals surface area contributed by atoms with Crippen molar-refractivity contribution in [1.82, 2.24) is 14.8 Å². The van der Waals surface area contributed by atoms with Gasteiger partial charge in [-0.25, -0.2) is 0 Å². The third-order valence-corrected chi connectivity index (χ3v) is 4.58. The number of nitrogens with zero attached hydrogens (tertiary/aromatic N) is 2. The number of carbonyl (C=O) groups excluding carboxylic acids is 1. The second-order valence-electron chi connectivity index (χ2n) is 4.65. The summed E-state index contributed by atoms with van der Waals surface area (Å²) in [4.78, 5) is 19.6. The number of halogens is 1. The molecule has 2 atom stereocenters. The van der Waals surface area contributed by atoms with Crippen molar-refractivity contribution in [1.29, 1.82) is 0 Å². The van der Waals surface area contributed by atoms with Crippen molar-refractivity contribution in [2.24, 2.45) is 0 Å². The Kier molecular flexibility index (Phi) is 3.05. The van der Waals surface area contributed by atoms with Crippen LogP contribution < -0.4 is 0 Å². The van der Waals surface area contributed by atoms with E-state index in [2.05, 4.69) is 27.4 Å². The lowest BCUT2D eigenvalue weighted by atomic mass is 10.1. The van der Waals surface area contributed by atoms with E-state index in [-0.39, 0.29) is 11.5 Å². The molecule has 18 heavy (non-hydrogen) atoms. The number of hydrogen-bond donors (Lipinski definition) is 1. The van der Waals surface area contributed by atoms with Crippen LogP contribution in [0.4, 0.5) is 0 Å². The number of alkyl halides is 1. The molecule has 0 radical (unpaired) electrons. The predicted molar refractivity (Wildman–Crippen MR) is 74.0 cm³/mol. The first-order valence-corrected chi connectivity index (χ1v) is 7.12. The van der Waals surface area contributed by atoms with Crippen LogP contribution in [0.2, 0.25) is 0 Å². The van der Waals surface area contributed by atoms with Crippen molar-refractivity contribution in [2.75, 3.05) is 20.1 Å². The fraction of sp³-hybridized carbons (Fsp3) is 0.417. The second-order valence-corrected chi connectivity index (χ2v) is 6.07. The summed E-state index contributed by atoms with van der Waals surface area (Å²) in [6.45, 7) is 1.50. The van der Waals surface area contributed by atoms with Gasteiger partial charge in [-0.3, -0.25) is 4.79 Å². The number of amides is 1. The van der Waals surface area contributed by atoms with Crippen LogP contribution in [0, 0.1) is 0 Å². The first-order chi connectivity index (χ1) is 8.69. The van der Waals surface area contributed by atoms with E-state index in [1.54, 1.807) is 16.2 Å². The molecule has 0 saturated carbocycles. The number of likely N-dealkylation sites (N-methyl/N-ethyl adjacent to an activating group) is 1. The molecule has 1 saturated heterocycles. The number of thiophene rings is 1. The largest absolute Gasteiger partial charge is 0.348 e. The zero-order valence-corrected chi connectivity index (χ0v) is 11.5. The average molecular weight is 284 g/mol. The maximum absolute atomic E-state index is 11.2. The topological polar surface area (TPSA) is 39.3 Å². The summed E-state index contributed by atoms with van der Waals surface area (Å²) < 4.78 is 0. The Labute approximate surface area is 114 Å². The van der Waals surface area contributed by atoms with Gasteiger partial charge in [-0.2, -0.15) is 0 Å². The Hall–Kier alpha value is -1.04. The Balaban J connectivity index is 1.97.